The molecule has 0 aliphatic heterocycles. The topological polar surface area (TPSA) is 64.0 Å². The van der Waals surface area contributed by atoms with E-state index in [0.29, 0.717) is 25.9 Å². The van der Waals surface area contributed by atoms with E-state index in [1.54, 1.807) is 22.0 Å². The summed E-state index contributed by atoms with van der Waals surface area (Å²) in [5, 5.41) is 20.1. The normalized spacial score (nSPS) is 12.6. The highest BCUT2D eigenvalue weighted by Gasteiger charge is 2.30. The lowest BCUT2D eigenvalue weighted by atomic mass is 10.0. The van der Waals surface area contributed by atoms with Gasteiger partial charge in [-0.25, -0.2) is 4.79 Å². The molecule has 2 aromatic carbocycles. The average molecular weight is 409 g/mol. The molecule has 5 nitrogen and oxygen atoms in total. The number of hydrogen-bond acceptors (Lipinski definition) is 3. The maximum absolute atomic E-state index is 13.5. The van der Waals surface area contributed by atoms with Crippen LogP contribution in [-0.4, -0.2) is 64.4 Å². The second-order valence-electron chi connectivity index (χ2n) is 7.22. The second-order valence-corrected chi connectivity index (χ2v) is 7.22. The van der Waals surface area contributed by atoms with Crippen LogP contribution in [0.15, 0.2) is 86.0 Å². The molecule has 0 unspecified atom stereocenters. The minimum atomic E-state index is -0.402. The largest absolute Gasteiger partial charge is 0.394 e. The summed E-state index contributed by atoms with van der Waals surface area (Å²) in [6, 6.07) is 18.5. The van der Waals surface area contributed by atoms with Crippen molar-refractivity contribution in [2.75, 3.05) is 26.3 Å². The van der Waals surface area contributed by atoms with Crippen LogP contribution in [0.1, 0.15) is 11.1 Å². The third-order valence-corrected chi connectivity index (χ3v) is 5.07. The fraction of sp³-hybridized carbons (Fsp3) is 0.320. The summed E-state index contributed by atoms with van der Waals surface area (Å²) < 4.78 is 0. The van der Waals surface area contributed by atoms with Gasteiger partial charge in [-0.3, -0.25) is 0 Å². The quantitative estimate of drug-likeness (QED) is 0.530. The molecule has 0 aromatic heterocycles. The van der Waals surface area contributed by atoms with E-state index in [9.17, 15) is 15.0 Å². The minimum absolute atomic E-state index is 0.168. The van der Waals surface area contributed by atoms with Crippen LogP contribution in [0.3, 0.4) is 0 Å². The highest BCUT2D eigenvalue weighted by atomic mass is 16.3. The van der Waals surface area contributed by atoms with Gasteiger partial charge in [-0.2, -0.15) is 0 Å². The molecule has 5 heteroatoms. The zero-order valence-electron chi connectivity index (χ0n) is 17.4. The van der Waals surface area contributed by atoms with Gasteiger partial charge in [-0.05, 0) is 24.0 Å². The maximum Gasteiger partial charge on any atom is 0.321 e. The Bertz CT molecular complexity index is 714. The molecule has 0 aliphatic rings. The van der Waals surface area contributed by atoms with Gasteiger partial charge in [0.25, 0.3) is 0 Å². The number of carbonyl (C=O) groups excluding carboxylic acids is 1. The Morgan fingerprint density at radius 3 is 1.43 bits per heavy atom. The predicted octanol–water partition coefficient (Wildman–Crippen LogP) is 3.29. The fourth-order valence-corrected chi connectivity index (χ4v) is 3.53. The van der Waals surface area contributed by atoms with E-state index in [0.717, 1.165) is 11.1 Å². The van der Waals surface area contributed by atoms with Crippen molar-refractivity contribution in [2.45, 2.75) is 24.9 Å². The van der Waals surface area contributed by atoms with Crippen molar-refractivity contribution in [3.05, 3.63) is 97.1 Å². The van der Waals surface area contributed by atoms with Gasteiger partial charge in [0.05, 0.1) is 25.3 Å². The first-order valence-corrected chi connectivity index (χ1v) is 10.2. The Balaban J connectivity index is 2.26. The molecular weight excluding hydrogens is 376 g/mol. The third kappa shape index (κ3) is 6.58. The Hall–Kier alpha value is -2.89. The summed E-state index contributed by atoms with van der Waals surface area (Å²) in [7, 11) is 0. The summed E-state index contributed by atoms with van der Waals surface area (Å²) in [6.07, 6.45) is 4.37. The number of benzene rings is 2. The second kappa shape index (κ2) is 12.6. The van der Waals surface area contributed by atoms with Crippen LogP contribution in [0, 0.1) is 0 Å². The molecule has 160 valence electrons. The van der Waals surface area contributed by atoms with E-state index in [2.05, 4.69) is 13.2 Å². The standard InChI is InChI=1S/C25H32N2O3/c1-3-15-26(23(19-28)17-21-11-7-5-8-12-21)25(30)27(16-4-2)24(20-29)18-22-13-9-6-10-14-22/h3-14,23-24,28-29H,1-2,15-20H2/t23-,24-/m1/s1. The van der Waals surface area contributed by atoms with Crippen molar-refractivity contribution in [1.29, 1.82) is 0 Å². The van der Waals surface area contributed by atoms with Crippen molar-refractivity contribution in [3.8, 4) is 0 Å². The lowest BCUT2D eigenvalue weighted by Gasteiger charge is -2.38. The molecule has 0 radical (unpaired) electrons. The van der Waals surface area contributed by atoms with Crippen LogP contribution < -0.4 is 0 Å². The highest BCUT2D eigenvalue weighted by molar-refractivity contribution is 5.75. The van der Waals surface area contributed by atoms with Crippen LogP contribution >= 0.6 is 0 Å². The molecule has 0 spiro atoms. The zero-order chi connectivity index (χ0) is 21.8. The Labute approximate surface area is 179 Å². The van der Waals surface area contributed by atoms with Crippen LogP contribution in [-0.2, 0) is 12.8 Å². The SMILES string of the molecule is C=CCN(C(=O)N(CC=C)[C@@H](CO)Cc1ccccc1)[C@@H](CO)Cc1ccccc1. The first kappa shape index (κ1) is 23.4. The van der Waals surface area contributed by atoms with Gasteiger partial charge in [-0.15, -0.1) is 13.2 Å². The Kier molecular flexibility index (Phi) is 9.84. The van der Waals surface area contributed by atoms with Crippen molar-refractivity contribution >= 4 is 6.03 Å². The van der Waals surface area contributed by atoms with Crippen LogP contribution in [0.2, 0.25) is 0 Å². The number of aliphatic hydroxyl groups is 2. The number of aliphatic hydroxyl groups excluding tert-OH is 2. The molecule has 0 saturated heterocycles. The number of nitrogens with zero attached hydrogens (tertiary/aromatic N) is 2. The molecule has 0 bridgehead atoms. The minimum Gasteiger partial charge on any atom is -0.394 e. The smallest absolute Gasteiger partial charge is 0.321 e. The highest BCUT2D eigenvalue weighted by Crippen LogP contribution is 2.16. The van der Waals surface area contributed by atoms with E-state index >= 15 is 0 Å². The van der Waals surface area contributed by atoms with Gasteiger partial charge in [0.2, 0.25) is 0 Å². The van der Waals surface area contributed by atoms with E-state index in [1.807, 2.05) is 60.7 Å². The summed E-state index contributed by atoms with van der Waals surface area (Å²) in [6.45, 7) is 7.83. The number of carbonyl (C=O) groups is 1. The molecule has 0 saturated carbocycles. The Morgan fingerprint density at radius 2 is 1.13 bits per heavy atom. The first-order chi connectivity index (χ1) is 14.6. The summed E-state index contributed by atoms with van der Waals surface area (Å²) in [4.78, 5) is 16.8. The van der Waals surface area contributed by atoms with Crippen molar-refractivity contribution in [1.82, 2.24) is 9.80 Å². The van der Waals surface area contributed by atoms with Crippen molar-refractivity contribution < 1.29 is 15.0 Å². The molecule has 30 heavy (non-hydrogen) atoms. The van der Waals surface area contributed by atoms with Crippen molar-refractivity contribution in [2.24, 2.45) is 0 Å². The molecular formula is C25H32N2O3. The van der Waals surface area contributed by atoms with Crippen LogP contribution in [0.5, 0.6) is 0 Å². The van der Waals surface area contributed by atoms with Gasteiger partial charge in [0.15, 0.2) is 0 Å². The lowest BCUT2D eigenvalue weighted by Crippen LogP contribution is -2.54. The number of amides is 2. The predicted molar refractivity (Wildman–Crippen MR) is 121 cm³/mol. The molecule has 2 amide bonds. The number of rotatable bonds is 12. The van der Waals surface area contributed by atoms with Crippen molar-refractivity contribution in [3.63, 3.8) is 0 Å². The number of hydrogen-bond donors (Lipinski definition) is 2. The first-order valence-electron chi connectivity index (χ1n) is 10.2. The van der Waals surface area contributed by atoms with Crippen LogP contribution in [0.25, 0.3) is 0 Å². The molecule has 2 atom stereocenters. The van der Waals surface area contributed by atoms with Gasteiger partial charge in [0.1, 0.15) is 0 Å². The van der Waals surface area contributed by atoms with E-state index in [-0.39, 0.29) is 19.2 Å². The molecule has 2 aromatic rings. The molecule has 2 rings (SSSR count). The fourth-order valence-electron chi connectivity index (χ4n) is 3.53. The Morgan fingerprint density at radius 1 is 0.767 bits per heavy atom. The number of urea groups is 1. The summed E-state index contributed by atoms with van der Waals surface area (Å²) in [5.74, 6) is 0. The monoisotopic (exact) mass is 408 g/mol. The molecule has 0 aliphatic carbocycles. The summed E-state index contributed by atoms with van der Waals surface area (Å²) >= 11 is 0. The van der Waals surface area contributed by atoms with Gasteiger partial charge >= 0.3 is 6.03 Å². The van der Waals surface area contributed by atoms with Gasteiger partial charge < -0.3 is 20.0 Å². The summed E-state index contributed by atoms with van der Waals surface area (Å²) in [5.41, 5.74) is 2.08. The average Bonchev–Trinajstić information content (AvgIpc) is 2.79. The maximum atomic E-state index is 13.5. The van der Waals surface area contributed by atoms with Gasteiger partial charge in [0, 0.05) is 13.1 Å². The van der Waals surface area contributed by atoms with Crippen LogP contribution in [0.4, 0.5) is 4.79 Å². The third-order valence-electron chi connectivity index (χ3n) is 5.07. The van der Waals surface area contributed by atoms with Gasteiger partial charge in [-0.1, -0.05) is 72.8 Å². The van der Waals surface area contributed by atoms with E-state index < -0.39 is 12.1 Å². The zero-order valence-corrected chi connectivity index (χ0v) is 17.4. The molecule has 0 fully saturated rings. The molecule has 2 N–H and O–H groups in total. The lowest BCUT2D eigenvalue weighted by molar-refractivity contribution is 0.0877. The van der Waals surface area contributed by atoms with E-state index in [4.69, 9.17) is 0 Å². The van der Waals surface area contributed by atoms with E-state index in [1.165, 1.54) is 0 Å². The molecule has 0 heterocycles.